The van der Waals surface area contributed by atoms with Gasteiger partial charge in [-0.25, -0.2) is 8.42 Å². The maximum atomic E-state index is 12.4. The molecule has 0 aliphatic rings. The predicted octanol–water partition coefficient (Wildman–Crippen LogP) is 3.91. The minimum Gasteiger partial charge on any atom is -0.389 e. The van der Waals surface area contributed by atoms with Crippen LogP contribution in [0.2, 0.25) is 5.02 Å². The Balaban J connectivity index is 2.45. The average molecular weight is 426 g/mol. The van der Waals surface area contributed by atoms with Gasteiger partial charge in [0.25, 0.3) is 10.0 Å². The first kappa shape index (κ1) is 16.7. The third-order valence-electron chi connectivity index (χ3n) is 2.59. The van der Waals surface area contributed by atoms with Crippen molar-refractivity contribution in [3.63, 3.8) is 0 Å². The zero-order chi connectivity index (χ0) is 15.8. The summed E-state index contributed by atoms with van der Waals surface area (Å²) in [6.45, 7) is 1.82. The van der Waals surface area contributed by atoms with Crippen LogP contribution in [-0.2, 0) is 10.0 Å². The number of thiophene rings is 1. The van der Waals surface area contributed by atoms with Crippen molar-refractivity contribution in [3.05, 3.63) is 44.2 Å². The van der Waals surface area contributed by atoms with E-state index in [1.165, 1.54) is 6.07 Å². The van der Waals surface area contributed by atoms with Crippen LogP contribution in [-0.4, -0.2) is 13.4 Å². The third-order valence-corrected chi connectivity index (χ3v) is 7.02. The second-order valence-corrected chi connectivity index (χ2v) is 9.34. The van der Waals surface area contributed by atoms with Crippen LogP contribution >= 0.6 is 51.1 Å². The molecule has 21 heavy (non-hydrogen) atoms. The third kappa shape index (κ3) is 3.75. The molecule has 0 amide bonds. The van der Waals surface area contributed by atoms with Crippen molar-refractivity contribution in [3.8, 4) is 0 Å². The molecule has 0 fully saturated rings. The van der Waals surface area contributed by atoms with Gasteiger partial charge in [-0.1, -0.05) is 23.8 Å². The largest absolute Gasteiger partial charge is 0.389 e. The smallest absolute Gasteiger partial charge is 0.271 e. The topological polar surface area (TPSA) is 72.2 Å². The van der Waals surface area contributed by atoms with Gasteiger partial charge in [0.05, 0.1) is 9.47 Å². The Hall–Kier alpha value is -0.670. The lowest BCUT2D eigenvalue weighted by Gasteiger charge is -2.11. The van der Waals surface area contributed by atoms with Crippen molar-refractivity contribution in [1.29, 1.82) is 0 Å². The van der Waals surface area contributed by atoms with Gasteiger partial charge in [0.2, 0.25) is 0 Å². The first-order chi connectivity index (χ1) is 9.70. The lowest BCUT2D eigenvalue weighted by molar-refractivity contribution is 0.603. The van der Waals surface area contributed by atoms with Gasteiger partial charge in [-0.3, -0.25) is 4.72 Å². The van der Waals surface area contributed by atoms with Crippen LogP contribution in [0.3, 0.4) is 0 Å². The number of nitrogens with two attached hydrogens (primary N) is 1. The normalized spacial score (nSPS) is 11.4. The molecule has 0 unspecified atom stereocenters. The monoisotopic (exact) mass is 424 g/mol. The van der Waals surface area contributed by atoms with Crippen LogP contribution in [0, 0.1) is 6.92 Å². The van der Waals surface area contributed by atoms with Gasteiger partial charge >= 0.3 is 0 Å². The highest BCUT2D eigenvalue weighted by molar-refractivity contribution is 9.11. The van der Waals surface area contributed by atoms with Crippen LogP contribution < -0.4 is 10.5 Å². The van der Waals surface area contributed by atoms with E-state index in [4.69, 9.17) is 29.6 Å². The van der Waals surface area contributed by atoms with Crippen molar-refractivity contribution in [1.82, 2.24) is 0 Å². The highest BCUT2D eigenvalue weighted by Gasteiger charge is 2.20. The summed E-state index contributed by atoms with van der Waals surface area (Å²) in [6.07, 6.45) is 0. The van der Waals surface area contributed by atoms with Crippen LogP contribution in [0.15, 0.2) is 32.3 Å². The Morgan fingerprint density at radius 2 is 2.10 bits per heavy atom. The molecule has 0 aliphatic heterocycles. The molecule has 2 aromatic rings. The van der Waals surface area contributed by atoms with E-state index in [1.54, 1.807) is 18.2 Å². The molecule has 0 saturated heterocycles. The fourth-order valence-corrected chi connectivity index (χ4v) is 5.22. The van der Waals surface area contributed by atoms with Gasteiger partial charge in [-0.05, 0) is 52.7 Å². The Morgan fingerprint density at radius 3 is 2.62 bits per heavy atom. The molecule has 1 aromatic heterocycles. The van der Waals surface area contributed by atoms with Crippen molar-refractivity contribution in [2.75, 3.05) is 4.72 Å². The first-order valence-corrected chi connectivity index (χ1v) is 9.46. The van der Waals surface area contributed by atoms with Gasteiger partial charge in [0.15, 0.2) is 0 Å². The Bertz CT molecular complexity index is 798. The molecular formula is C12H10BrClN2O2S3. The SMILES string of the molecule is Cc1cc(S(=O)(=O)Nc2cc(Cl)ccc2C(N)=S)sc1Br. The summed E-state index contributed by atoms with van der Waals surface area (Å²) in [5.41, 5.74) is 7.13. The Labute approximate surface area is 145 Å². The first-order valence-electron chi connectivity index (χ1n) is 5.59. The Morgan fingerprint density at radius 1 is 1.43 bits per heavy atom. The maximum Gasteiger partial charge on any atom is 0.271 e. The summed E-state index contributed by atoms with van der Waals surface area (Å²) in [7, 11) is -3.72. The highest BCUT2D eigenvalue weighted by atomic mass is 79.9. The number of anilines is 1. The molecule has 1 aromatic carbocycles. The van der Waals surface area contributed by atoms with E-state index >= 15 is 0 Å². The molecule has 4 nitrogen and oxygen atoms in total. The molecular weight excluding hydrogens is 416 g/mol. The van der Waals surface area contributed by atoms with Crippen LogP contribution in [0.4, 0.5) is 5.69 Å². The Kier molecular flexibility index (Phi) is 4.94. The number of halogens is 2. The standard InChI is InChI=1S/C12H10BrClN2O2S3/c1-6-4-10(20-11(6)13)21(17,18)16-9-5-7(14)2-3-8(9)12(15)19/h2-5,16H,1H3,(H2,15,19). The minimum atomic E-state index is -3.72. The summed E-state index contributed by atoms with van der Waals surface area (Å²) >= 11 is 15.3. The lowest BCUT2D eigenvalue weighted by atomic mass is 10.2. The molecule has 9 heteroatoms. The van der Waals surface area contributed by atoms with Crippen molar-refractivity contribution < 1.29 is 8.42 Å². The number of rotatable bonds is 4. The summed E-state index contributed by atoms with van der Waals surface area (Å²) in [5.74, 6) is 0. The molecule has 0 aliphatic carbocycles. The fourth-order valence-electron chi connectivity index (χ4n) is 1.58. The minimum absolute atomic E-state index is 0.0907. The number of hydrogen-bond acceptors (Lipinski definition) is 4. The van der Waals surface area contributed by atoms with Gasteiger partial charge in [0.1, 0.15) is 9.20 Å². The van der Waals surface area contributed by atoms with E-state index in [1.807, 2.05) is 6.92 Å². The van der Waals surface area contributed by atoms with E-state index in [0.717, 1.165) is 20.7 Å². The molecule has 3 N–H and O–H groups in total. The zero-order valence-corrected chi connectivity index (χ0v) is 15.5. The predicted molar refractivity (Wildman–Crippen MR) is 94.9 cm³/mol. The second kappa shape index (κ2) is 6.21. The van der Waals surface area contributed by atoms with E-state index in [-0.39, 0.29) is 14.9 Å². The second-order valence-electron chi connectivity index (χ2n) is 4.18. The molecule has 0 spiro atoms. The molecule has 0 saturated carbocycles. The van der Waals surface area contributed by atoms with E-state index in [2.05, 4.69) is 20.7 Å². The maximum absolute atomic E-state index is 12.4. The van der Waals surface area contributed by atoms with Crippen LogP contribution in [0.1, 0.15) is 11.1 Å². The quantitative estimate of drug-likeness (QED) is 0.729. The van der Waals surface area contributed by atoms with Gasteiger partial charge in [-0.2, -0.15) is 0 Å². The number of nitrogens with one attached hydrogen (secondary N) is 1. The number of hydrogen-bond donors (Lipinski definition) is 2. The molecule has 2 rings (SSSR count). The van der Waals surface area contributed by atoms with Crippen LogP contribution in [0.25, 0.3) is 0 Å². The number of thiocarbonyl (C=S) groups is 1. The fraction of sp³-hybridized carbons (Fsp3) is 0.0833. The zero-order valence-electron chi connectivity index (χ0n) is 10.7. The number of benzene rings is 1. The lowest BCUT2D eigenvalue weighted by Crippen LogP contribution is -2.17. The van der Waals surface area contributed by atoms with Gasteiger partial charge < -0.3 is 5.73 Å². The number of sulfonamides is 1. The molecule has 1 heterocycles. The summed E-state index contributed by atoms with van der Waals surface area (Å²) < 4.78 is 28.2. The van der Waals surface area contributed by atoms with Gasteiger partial charge in [0, 0.05) is 10.6 Å². The van der Waals surface area contributed by atoms with Crippen molar-refractivity contribution in [2.24, 2.45) is 5.73 Å². The van der Waals surface area contributed by atoms with E-state index in [0.29, 0.717) is 10.6 Å². The molecule has 0 bridgehead atoms. The van der Waals surface area contributed by atoms with E-state index < -0.39 is 10.0 Å². The van der Waals surface area contributed by atoms with E-state index in [9.17, 15) is 8.42 Å². The number of aryl methyl sites for hydroxylation is 1. The van der Waals surface area contributed by atoms with Crippen molar-refractivity contribution >= 4 is 71.8 Å². The molecule has 112 valence electrons. The molecule has 0 atom stereocenters. The summed E-state index contributed by atoms with van der Waals surface area (Å²) in [4.78, 5) is 0.0907. The van der Waals surface area contributed by atoms with Gasteiger partial charge in [-0.15, -0.1) is 11.3 Å². The van der Waals surface area contributed by atoms with Crippen molar-refractivity contribution in [2.45, 2.75) is 11.1 Å². The van der Waals surface area contributed by atoms with Crippen LogP contribution in [0.5, 0.6) is 0 Å². The average Bonchev–Trinajstić information content (AvgIpc) is 2.69. The summed E-state index contributed by atoms with van der Waals surface area (Å²) in [6, 6.07) is 6.24. The summed E-state index contributed by atoms with van der Waals surface area (Å²) in [5, 5.41) is 0.385. The highest BCUT2D eigenvalue weighted by Crippen LogP contribution is 2.32. The molecule has 0 radical (unpaired) electrons.